The summed E-state index contributed by atoms with van der Waals surface area (Å²) in [6.07, 6.45) is 5.56. The van der Waals surface area contributed by atoms with Gasteiger partial charge in [-0.15, -0.1) is 0 Å². The summed E-state index contributed by atoms with van der Waals surface area (Å²) >= 11 is 0. The van der Waals surface area contributed by atoms with Gasteiger partial charge in [0.1, 0.15) is 5.82 Å². The van der Waals surface area contributed by atoms with Crippen LogP contribution in [0.4, 0.5) is 20.3 Å². The molecule has 1 aromatic heterocycles. The number of carbonyl (C=O) groups excluding carboxylic acids is 1. The summed E-state index contributed by atoms with van der Waals surface area (Å²) in [5.41, 5.74) is 2.92. The van der Waals surface area contributed by atoms with Gasteiger partial charge in [0, 0.05) is 36.6 Å². The standard InChI is InChI=1S/C22H23F2N3O3S/c23-17-6-5-15(11-18(17)24)26-21-20-14-3-1-13(2-4-14)19(20)16(12-25-21)22(28)27-7-9-31(29,30)10-8-27/h5-6,11-14H,1-4,7-10H2,(H,25,26). The largest absolute Gasteiger partial charge is 0.340 e. The van der Waals surface area contributed by atoms with Crippen LogP contribution in [-0.4, -0.2) is 48.8 Å². The third-order valence-electron chi connectivity index (χ3n) is 6.75. The predicted molar refractivity (Wildman–Crippen MR) is 112 cm³/mol. The van der Waals surface area contributed by atoms with Crippen LogP contribution in [-0.2, 0) is 9.84 Å². The molecular formula is C22H23F2N3O3S. The van der Waals surface area contributed by atoms with Crippen LogP contribution in [0.2, 0.25) is 0 Å². The summed E-state index contributed by atoms with van der Waals surface area (Å²) in [4.78, 5) is 19.4. The van der Waals surface area contributed by atoms with Crippen LogP contribution < -0.4 is 5.32 Å². The Morgan fingerprint density at radius 1 is 1.00 bits per heavy atom. The second-order valence-electron chi connectivity index (χ2n) is 8.59. The summed E-state index contributed by atoms with van der Waals surface area (Å²) in [5, 5.41) is 3.12. The van der Waals surface area contributed by atoms with Crippen LogP contribution in [0.1, 0.15) is 59.0 Å². The molecule has 2 fully saturated rings. The van der Waals surface area contributed by atoms with Gasteiger partial charge < -0.3 is 10.2 Å². The fraction of sp³-hybridized carbons (Fsp3) is 0.455. The summed E-state index contributed by atoms with van der Waals surface area (Å²) in [6.45, 7) is 0.387. The molecule has 1 aromatic carbocycles. The number of benzene rings is 1. The minimum atomic E-state index is -3.08. The molecule has 9 heteroatoms. The first kappa shape index (κ1) is 20.4. The van der Waals surface area contributed by atoms with E-state index in [1.165, 1.54) is 6.07 Å². The van der Waals surface area contributed by atoms with Gasteiger partial charge in [-0.25, -0.2) is 22.2 Å². The molecule has 3 aliphatic carbocycles. The first-order valence-electron chi connectivity index (χ1n) is 10.6. The number of fused-ring (bicyclic) bond motifs is 2. The first-order valence-corrected chi connectivity index (χ1v) is 12.4. The highest BCUT2D eigenvalue weighted by Crippen LogP contribution is 2.52. The van der Waals surface area contributed by atoms with Gasteiger partial charge in [0.05, 0.1) is 17.1 Å². The Balaban J connectivity index is 1.52. The molecule has 164 valence electrons. The molecule has 1 amide bonds. The van der Waals surface area contributed by atoms with Crippen LogP contribution in [0.5, 0.6) is 0 Å². The predicted octanol–water partition coefficient (Wildman–Crippen LogP) is 3.73. The highest BCUT2D eigenvalue weighted by molar-refractivity contribution is 7.91. The lowest BCUT2D eigenvalue weighted by atomic mass is 9.66. The Labute approximate surface area is 179 Å². The molecule has 1 N–H and O–H groups in total. The Hall–Kier alpha value is -2.55. The fourth-order valence-electron chi connectivity index (χ4n) is 5.13. The molecule has 1 saturated carbocycles. The topological polar surface area (TPSA) is 79.4 Å². The molecule has 2 aromatic rings. The quantitative estimate of drug-likeness (QED) is 0.776. The van der Waals surface area contributed by atoms with Crippen molar-refractivity contribution >= 4 is 27.2 Å². The summed E-state index contributed by atoms with van der Waals surface area (Å²) in [6, 6.07) is 3.62. The van der Waals surface area contributed by atoms with E-state index in [1.807, 2.05) is 0 Å². The van der Waals surface area contributed by atoms with Gasteiger partial charge in [0.25, 0.3) is 5.91 Å². The third-order valence-corrected chi connectivity index (χ3v) is 8.36. The SMILES string of the molecule is O=C(c1cnc(Nc2ccc(F)c(F)c2)c2c1C1CCC2CC1)N1CCS(=O)(=O)CC1. The number of pyridine rings is 1. The van der Waals surface area contributed by atoms with E-state index < -0.39 is 21.5 Å². The number of nitrogens with one attached hydrogen (secondary N) is 1. The number of halogens is 2. The van der Waals surface area contributed by atoms with Crippen molar-refractivity contribution in [1.29, 1.82) is 0 Å². The molecular weight excluding hydrogens is 424 g/mol. The van der Waals surface area contributed by atoms with Crippen molar-refractivity contribution in [3.05, 3.63) is 52.7 Å². The molecule has 4 aliphatic rings. The third kappa shape index (κ3) is 3.69. The van der Waals surface area contributed by atoms with Gasteiger partial charge in [0.15, 0.2) is 21.5 Å². The molecule has 0 atom stereocenters. The number of rotatable bonds is 3. The minimum absolute atomic E-state index is 0.0177. The number of carbonyl (C=O) groups is 1. The maximum absolute atomic E-state index is 13.7. The lowest BCUT2D eigenvalue weighted by Crippen LogP contribution is -2.44. The molecule has 1 saturated heterocycles. The Morgan fingerprint density at radius 3 is 2.29 bits per heavy atom. The molecule has 6 nitrogen and oxygen atoms in total. The molecule has 0 radical (unpaired) electrons. The Kier molecular flexibility index (Phi) is 4.96. The number of anilines is 2. The van der Waals surface area contributed by atoms with Crippen LogP contribution in [0.3, 0.4) is 0 Å². The number of sulfone groups is 1. The second kappa shape index (κ2) is 7.55. The van der Waals surface area contributed by atoms with Gasteiger partial charge in [0.2, 0.25) is 0 Å². The lowest BCUT2D eigenvalue weighted by Gasteiger charge is -2.40. The van der Waals surface area contributed by atoms with E-state index >= 15 is 0 Å². The zero-order chi connectivity index (χ0) is 21.8. The second-order valence-corrected chi connectivity index (χ2v) is 10.9. The fourth-order valence-corrected chi connectivity index (χ4v) is 6.33. The van der Waals surface area contributed by atoms with E-state index in [1.54, 1.807) is 11.1 Å². The zero-order valence-corrected chi connectivity index (χ0v) is 17.7. The van der Waals surface area contributed by atoms with Crippen molar-refractivity contribution in [2.75, 3.05) is 29.9 Å². The van der Waals surface area contributed by atoms with E-state index in [-0.39, 0.29) is 42.3 Å². The highest BCUT2D eigenvalue weighted by atomic mass is 32.2. The molecule has 0 spiro atoms. The van der Waals surface area contributed by atoms with Gasteiger partial charge in [-0.1, -0.05) is 0 Å². The van der Waals surface area contributed by atoms with E-state index in [2.05, 4.69) is 10.3 Å². The van der Waals surface area contributed by atoms with Gasteiger partial charge in [-0.05, 0) is 55.2 Å². The normalized spacial score (nSPS) is 24.0. The number of hydrogen-bond acceptors (Lipinski definition) is 5. The summed E-state index contributed by atoms with van der Waals surface area (Å²) in [5.74, 6) is -0.974. The average molecular weight is 448 g/mol. The van der Waals surface area contributed by atoms with E-state index in [0.717, 1.165) is 48.9 Å². The molecule has 2 bridgehead atoms. The number of amides is 1. The molecule has 31 heavy (non-hydrogen) atoms. The molecule has 1 aliphatic heterocycles. The van der Waals surface area contributed by atoms with Crippen molar-refractivity contribution < 1.29 is 22.0 Å². The van der Waals surface area contributed by atoms with Crippen molar-refractivity contribution in [2.24, 2.45) is 0 Å². The van der Waals surface area contributed by atoms with E-state index in [4.69, 9.17) is 0 Å². The van der Waals surface area contributed by atoms with Crippen molar-refractivity contribution in [2.45, 2.75) is 37.5 Å². The maximum atomic E-state index is 13.7. The van der Waals surface area contributed by atoms with E-state index in [9.17, 15) is 22.0 Å². The molecule has 6 rings (SSSR count). The number of nitrogens with zero attached hydrogens (tertiary/aromatic N) is 2. The van der Waals surface area contributed by atoms with E-state index in [0.29, 0.717) is 17.1 Å². The number of aromatic nitrogens is 1. The lowest BCUT2D eigenvalue weighted by molar-refractivity contribution is 0.0767. The summed E-state index contributed by atoms with van der Waals surface area (Å²) < 4.78 is 50.5. The van der Waals surface area contributed by atoms with Crippen LogP contribution in [0.15, 0.2) is 24.4 Å². The van der Waals surface area contributed by atoms with Crippen molar-refractivity contribution in [3.63, 3.8) is 0 Å². The molecule has 2 heterocycles. The Bertz CT molecular complexity index is 1150. The smallest absolute Gasteiger partial charge is 0.255 e. The van der Waals surface area contributed by atoms with Crippen LogP contribution in [0.25, 0.3) is 0 Å². The highest BCUT2D eigenvalue weighted by Gasteiger charge is 2.39. The van der Waals surface area contributed by atoms with Crippen molar-refractivity contribution in [1.82, 2.24) is 9.88 Å². The minimum Gasteiger partial charge on any atom is -0.340 e. The van der Waals surface area contributed by atoms with Gasteiger partial charge in [-0.3, -0.25) is 4.79 Å². The average Bonchev–Trinajstić information content (AvgIpc) is 2.77. The zero-order valence-electron chi connectivity index (χ0n) is 16.9. The Morgan fingerprint density at radius 2 is 1.65 bits per heavy atom. The van der Waals surface area contributed by atoms with Crippen molar-refractivity contribution in [3.8, 4) is 0 Å². The first-order chi connectivity index (χ1) is 14.8. The summed E-state index contributed by atoms with van der Waals surface area (Å²) in [7, 11) is -3.08. The molecule has 0 unspecified atom stereocenters. The van der Waals surface area contributed by atoms with Crippen LogP contribution >= 0.6 is 0 Å². The van der Waals surface area contributed by atoms with Gasteiger partial charge in [-0.2, -0.15) is 0 Å². The maximum Gasteiger partial charge on any atom is 0.255 e. The monoisotopic (exact) mass is 447 g/mol. The van der Waals surface area contributed by atoms with Crippen LogP contribution in [0, 0.1) is 11.6 Å². The number of hydrogen-bond donors (Lipinski definition) is 1. The van der Waals surface area contributed by atoms with Gasteiger partial charge >= 0.3 is 0 Å².